The van der Waals surface area contributed by atoms with Gasteiger partial charge in [-0.05, 0) is 18.2 Å². The first-order chi connectivity index (χ1) is 14.7. The fourth-order valence-electron chi connectivity index (χ4n) is 3.55. The molecule has 0 unspecified atom stereocenters. The van der Waals surface area contributed by atoms with E-state index in [1.807, 2.05) is 25.2 Å². The topological polar surface area (TPSA) is 126 Å². The molecule has 1 aliphatic heterocycles. The summed E-state index contributed by atoms with van der Waals surface area (Å²) in [6.45, 7) is 0.910. The van der Waals surface area contributed by atoms with Crippen molar-refractivity contribution in [2.24, 2.45) is 7.05 Å². The van der Waals surface area contributed by atoms with Gasteiger partial charge in [0.25, 0.3) is 0 Å². The molecule has 10 heteroatoms. The van der Waals surface area contributed by atoms with E-state index in [9.17, 15) is 5.26 Å². The number of aromatic nitrogens is 5. The molecule has 0 saturated heterocycles. The van der Waals surface area contributed by atoms with E-state index in [-0.39, 0.29) is 0 Å². The maximum atomic E-state index is 9.30. The van der Waals surface area contributed by atoms with Crippen LogP contribution in [0.3, 0.4) is 0 Å². The Labute approximate surface area is 171 Å². The third-order valence-electron chi connectivity index (χ3n) is 4.92. The zero-order chi connectivity index (χ0) is 20.7. The minimum atomic E-state index is 0.364. The standard InChI is InChI=1S/C20H18N8O2/c1-22-18-15-11(9-21)10-23-19(15)27-20(26-18)25-13-4-3-12(14-5-6-24-28(14)2)16-17(13)30-8-7-29-16/h3-6,10H,7-8H2,1-2H3,(H3,22,23,25,26,27). The van der Waals surface area contributed by atoms with Crippen molar-refractivity contribution in [1.29, 1.82) is 5.26 Å². The molecule has 0 bridgehead atoms. The van der Waals surface area contributed by atoms with Crippen LogP contribution in [0, 0.1) is 11.3 Å². The number of aromatic amines is 1. The second kappa shape index (κ2) is 6.97. The van der Waals surface area contributed by atoms with Crippen molar-refractivity contribution in [3.63, 3.8) is 0 Å². The lowest BCUT2D eigenvalue weighted by Crippen LogP contribution is -2.17. The van der Waals surface area contributed by atoms with Crippen LogP contribution in [0.1, 0.15) is 5.56 Å². The summed E-state index contributed by atoms with van der Waals surface area (Å²) < 4.78 is 13.7. The maximum Gasteiger partial charge on any atom is 0.231 e. The molecule has 0 fully saturated rings. The number of benzene rings is 1. The fourth-order valence-corrected chi connectivity index (χ4v) is 3.55. The maximum absolute atomic E-state index is 9.30. The Morgan fingerprint density at radius 1 is 1.17 bits per heavy atom. The van der Waals surface area contributed by atoms with E-state index < -0.39 is 0 Å². The predicted octanol–water partition coefficient (Wildman–Crippen LogP) is 2.79. The normalized spacial score (nSPS) is 12.6. The highest BCUT2D eigenvalue weighted by Gasteiger charge is 2.23. The summed E-state index contributed by atoms with van der Waals surface area (Å²) in [5.41, 5.74) is 3.55. The average Bonchev–Trinajstić information content (AvgIpc) is 3.39. The highest BCUT2D eigenvalue weighted by Crippen LogP contribution is 2.45. The SMILES string of the molecule is CNc1nc(Nc2ccc(-c3ccnn3C)c3c2OCCO3)nc2[nH]cc(C#N)c12. The van der Waals surface area contributed by atoms with Gasteiger partial charge in [0.05, 0.1) is 22.3 Å². The molecule has 0 spiro atoms. The molecular weight excluding hydrogens is 384 g/mol. The molecular formula is C20H18N8O2. The number of rotatable bonds is 4. The monoisotopic (exact) mass is 402 g/mol. The molecule has 0 aliphatic carbocycles. The van der Waals surface area contributed by atoms with Crippen molar-refractivity contribution in [3.05, 3.63) is 36.2 Å². The smallest absolute Gasteiger partial charge is 0.231 e. The van der Waals surface area contributed by atoms with Crippen molar-refractivity contribution < 1.29 is 9.47 Å². The minimum absolute atomic E-state index is 0.364. The van der Waals surface area contributed by atoms with Gasteiger partial charge in [-0.1, -0.05) is 0 Å². The van der Waals surface area contributed by atoms with Crippen LogP contribution in [-0.4, -0.2) is 45.0 Å². The molecule has 0 atom stereocenters. The molecule has 0 saturated carbocycles. The Bertz CT molecular complexity index is 1300. The van der Waals surface area contributed by atoms with Gasteiger partial charge in [-0.15, -0.1) is 0 Å². The first-order valence-corrected chi connectivity index (χ1v) is 9.34. The van der Waals surface area contributed by atoms with Crippen LogP contribution in [0.5, 0.6) is 11.5 Å². The molecule has 3 N–H and O–H groups in total. The first kappa shape index (κ1) is 17.8. The average molecular weight is 402 g/mol. The predicted molar refractivity (Wildman–Crippen MR) is 111 cm³/mol. The summed E-state index contributed by atoms with van der Waals surface area (Å²) in [7, 11) is 3.63. The van der Waals surface area contributed by atoms with E-state index in [1.165, 1.54) is 0 Å². The van der Waals surface area contributed by atoms with Crippen molar-refractivity contribution in [1.82, 2.24) is 24.7 Å². The molecule has 30 heavy (non-hydrogen) atoms. The third-order valence-corrected chi connectivity index (χ3v) is 4.92. The molecule has 1 aliphatic rings. The summed E-state index contributed by atoms with van der Waals surface area (Å²) in [6, 6.07) is 7.92. The van der Waals surface area contributed by atoms with Gasteiger partial charge in [0.2, 0.25) is 5.95 Å². The van der Waals surface area contributed by atoms with Gasteiger partial charge in [0, 0.05) is 32.1 Å². The summed E-state index contributed by atoms with van der Waals surface area (Å²) in [5, 5.41) is 20.4. The number of ether oxygens (including phenoxy) is 2. The van der Waals surface area contributed by atoms with E-state index >= 15 is 0 Å². The lowest BCUT2D eigenvalue weighted by molar-refractivity contribution is 0.173. The number of H-pyrrole nitrogens is 1. The molecule has 4 heterocycles. The van der Waals surface area contributed by atoms with Crippen molar-refractivity contribution >= 4 is 28.5 Å². The van der Waals surface area contributed by atoms with Crippen LogP contribution < -0.4 is 20.1 Å². The molecule has 10 nitrogen and oxygen atoms in total. The van der Waals surface area contributed by atoms with E-state index in [0.717, 1.165) is 11.3 Å². The van der Waals surface area contributed by atoms with Gasteiger partial charge in [-0.25, -0.2) is 0 Å². The van der Waals surface area contributed by atoms with E-state index in [0.29, 0.717) is 58.8 Å². The number of nitriles is 1. The Morgan fingerprint density at radius 3 is 2.73 bits per heavy atom. The highest BCUT2D eigenvalue weighted by molar-refractivity contribution is 5.93. The van der Waals surface area contributed by atoms with E-state index in [4.69, 9.17) is 9.47 Å². The van der Waals surface area contributed by atoms with Gasteiger partial charge in [-0.3, -0.25) is 4.68 Å². The number of hydrogen-bond acceptors (Lipinski definition) is 8. The number of hydrogen-bond donors (Lipinski definition) is 3. The molecule has 0 radical (unpaired) electrons. The van der Waals surface area contributed by atoms with Gasteiger partial charge in [-0.2, -0.15) is 20.3 Å². The molecule has 3 aromatic heterocycles. The number of anilines is 3. The zero-order valence-corrected chi connectivity index (χ0v) is 16.4. The Kier molecular flexibility index (Phi) is 4.14. The quantitative estimate of drug-likeness (QED) is 0.476. The van der Waals surface area contributed by atoms with Crippen molar-refractivity contribution in [2.45, 2.75) is 0 Å². The molecule has 4 aromatic rings. The zero-order valence-electron chi connectivity index (χ0n) is 16.4. The largest absolute Gasteiger partial charge is 0.485 e. The number of aryl methyl sites for hydroxylation is 1. The Morgan fingerprint density at radius 2 is 2.00 bits per heavy atom. The molecule has 1 aromatic carbocycles. The Hall–Kier alpha value is -4.26. The third kappa shape index (κ3) is 2.76. The molecule has 0 amide bonds. The van der Waals surface area contributed by atoms with E-state index in [1.54, 1.807) is 24.1 Å². The van der Waals surface area contributed by atoms with Gasteiger partial charge < -0.3 is 25.1 Å². The van der Waals surface area contributed by atoms with Crippen molar-refractivity contribution in [3.8, 4) is 28.8 Å². The lowest BCUT2D eigenvalue weighted by atomic mass is 10.1. The highest BCUT2D eigenvalue weighted by atomic mass is 16.6. The number of fused-ring (bicyclic) bond motifs is 2. The van der Waals surface area contributed by atoms with Crippen LogP contribution in [0.25, 0.3) is 22.3 Å². The Balaban J connectivity index is 1.59. The van der Waals surface area contributed by atoms with Crippen LogP contribution >= 0.6 is 0 Å². The van der Waals surface area contributed by atoms with Crippen LogP contribution in [0.2, 0.25) is 0 Å². The van der Waals surface area contributed by atoms with Gasteiger partial charge in [0.1, 0.15) is 30.7 Å². The van der Waals surface area contributed by atoms with Gasteiger partial charge in [0.15, 0.2) is 11.5 Å². The van der Waals surface area contributed by atoms with Crippen LogP contribution in [-0.2, 0) is 7.05 Å². The van der Waals surface area contributed by atoms with E-state index in [2.05, 4.69) is 36.8 Å². The summed E-state index contributed by atoms with van der Waals surface area (Å²) in [6.07, 6.45) is 3.36. The number of nitrogens with zero attached hydrogens (tertiary/aromatic N) is 5. The second-order valence-corrected chi connectivity index (χ2v) is 6.66. The number of nitrogens with one attached hydrogen (secondary N) is 3. The lowest BCUT2D eigenvalue weighted by Gasteiger charge is -2.24. The second-order valence-electron chi connectivity index (χ2n) is 6.66. The first-order valence-electron chi connectivity index (χ1n) is 9.34. The summed E-state index contributed by atoms with van der Waals surface area (Å²) >= 11 is 0. The van der Waals surface area contributed by atoms with Crippen LogP contribution in [0.15, 0.2) is 30.6 Å². The van der Waals surface area contributed by atoms with Gasteiger partial charge >= 0.3 is 0 Å². The molecule has 5 rings (SSSR count). The van der Waals surface area contributed by atoms with Crippen LogP contribution in [0.4, 0.5) is 17.5 Å². The molecule has 150 valence electrons. The minimum Gasteiger partial charge on any atom is -0.485 e. The summed E-state index contributed by atoms with van der Waals surface area (Å²) in [4.78, 5) is 12.0. The fraction of sp³-hybridized carbons (Fsp3) is 0.200. The summed E-state index contributed by atoms with van der Waals surface area (Å²) in [5.74, 6) is 2.16. The van der Waals surface area contributed by atoms with Crippen molar-refractivity contribution in [2.75, 3.05) is 30.9 Å².